The van der Waals surface area contributed by atoms with Gasteiger partial charge in [0.15, 0.2) is 5.69 Å². The molecule has 3 aromatic rings. The lowest BCUT2D eigenvalue weighted by atomic mass is 10.1. The van der Waals surface area contributed by atoms with Gasteiger partial charge in [0, 0.05) is 30.3 Å². The summed E-state index contributed by atoms with van der Waals surface area (Å²) in [6.45, 7) is 9.86. The summed E-state index contributed by atoms with van der Waals surface area (Å²) < 4.78 is 36.5. The Kier molecular flexibility index (Phi) is 7.56. The number of nitrogens with one attached hydrogen (secondary N) is 2. The third-order valence-electron chi connectivity index (χ3n) is 6.08. The predicted octanol–water partition coefficient (Wildman–Crippen LogP) is 4.32. The minimum atomic E-state index is -4.13. The molecular formula is C26H31N5O6S. The van der Waals surface area contributed by atoms with Crippen molar-refractivity contribution in [1.82, 2.24) is 19.8 Å². The molecule has 0 bridgehead atoms. The Morgan fingerprint density at radius 2 is 1.89 bits per heavy atom. The zero-order chi connectivity index (χ0) is 27.8. The van der Waals surface area contributed by atoms with Crippen molar-refractivity contribution >= 4 is 21.6 Å². The van der Waals surface area contributed by atoms with Crippen LogP contribution in [0.5, 0.6) is 11.6 Å². The second-order valence-electron chi connectivity index (χ2n) is 9.97. The van der Waals surface area contributed by atoms with Crippen molar-refractivity contribution in [1.29, 1.82) is 0 Å². The van der Waals surface area contributed by atoms with Gasteiger partial charge in [-0.2, -0.15) is 9.78 Å². The number of nitro groups is 1. The first-order valence-electron chi connectivity index (χ1n) is 12.3. The fraction of sp³-hybridized carbons (Fsp3) is 0.385. The first-order chi connectivity index (χ1) is 17.9. The molecule has 1 aliphatic rings. The van der Waals surface area contributed by atoms with Crippen molar-refractivity contribution in [2.45, 2.75) is 58.4 Å². The van der Waals surface area contributed by atoms with Gasteiger partial charge in [0.25, 0.3) is 11.6 Å². The fourth-order valence-electron chi connectivity index (χ4n) is 3.80. The van der Waals surface area contributed by atoms with Crippen LogP contribution in [0.25, 0.3) is 5.69 Å². The predicted molar refractivity (Wildman–Crippen MR) is 141 cm³/mol. The second kappa shape index (κ2) is 10.5. The maximum Gasteiger partial charge on any atom is 0.272 e. The number of sulfonamides is 1. The third kappa shape index (κ3) is 5.86. The molecule has 1 aromatic heterocycles. The number of nitro benzene ring substituents is 1. The van der Waals surface area contributed by atoms with E-state index >= 15 is 0 Å². The van der Waals surface area contributed by atoms with Gasteiger partial charge in [-0.15, -0.1) is 0 Å². The lowest BCUT2D eigenvalue weighted by molar-refractivity contribution is -0.385. The van der Waals surface area contributed by atoms with E-state index in [1.165, 1.54) is 16.8 Å². The molecule has 0 aliphatic heterocycles. The number of aromatic nitrogens is 2. The van der Waals surface area contributed by atoms with E-state index in [0.717, 1.165) is 17.2 Å². The number of carbonyl (C=O) groups excluding carboxylic acids is 1. The van der Waals surface area contributed by atoms with Crippen molar-refractivity contribution in [3.8, 4) is 17.3 Å². The van der Waals surface area contributed by atoms with E-state index in [9.17, 15) is 23.3 Å². The summed E-state index contributed by atoms with van der Waals surface area (Å²) in [5.74, 6) is -0.155. The third-order valence-corrected chi connectivity index (χ3v) is 7.62. The van der Waals surface area contributed by atoms with Crippen LogP contribution in [0.4, 0.5) is 5.69 Å². The van der Waals surface area contributed by atoms with Crippen LogP contribution in [0.3, 0.4) is 0 Å². The lowest BCUT2D eigenvalue weighted by Crippen LogP contribution is -2.28. The van der Waals surface area contributed by atoms with Crippen molar-refractivity contribution in [3.05, 3.63) is 68.9 Å². The Balaban J connectivity index is 1.86. The molecular weight excluding hydrogens is 510 g/mol. The van der Waals surface area contributed by atoms with Gasteiger partial charge in [0.1, 0.15) is 10.6 Å². The number of amides is 1. The van der Waals surface area contributed by atoms with Gasteiger partial charge in [0.2, 0.25) is 15.9 Å². The molecule has 1 heterocycles. The lowest BCUT2D eigenvalue weighted by Gasteiger charge is -2.15. The highest BCUT2D eigenvalue weighted by atomic mass is 32.2. The van der Waals surface area contributed by atoms with Gasteiger partial charge in [-0.25, -0.2) is 13.1 Å². The summed E-state index contributed by atoms with van der Waals surface area (Å²) in [6.07, 6.45) is 1.38. The monoisotopic (exact) mass is 541 g/mol. The van der Waals surface area contributed by atoms with Gasteiger partial charge < -0.3 is 10.1 Å². The number of hydrogen-bond acceptors (Lipinski definition) is 7. The fourth-order valence-corrected chi connectivity index (χ4v) is 5.25. The summed E-state index contributed by atoms with van der Waals surface area (Å²) >= 11 is 0. The molecule has 2 aromatic carbocycles. The average molecular weight is 542 g/mol. The summed E-state index contributed by atoms with van der Waals surface area (Å²) in [5, 5.41) is 18.8. The van der Waals surface area contributed by atoms with E-state index in [0.29, 0.717) is 30.6 Å². The zero-order valence-corrected chi connectivity index (χ0v) is 22.8. The SMILES string of the molecule is Cc1ccc(C)c(-n2nc(C(=O)NCC(C)C)c(C)c2Oc2ccc([N+](=O)[O-])cc2S(=O)(=O)NC2CC2)c1. The normalized spacial score (nSPS) is 13.5. The van der Waals surface area contributed by atoms with Gasteiger partial charge in [-0.3, -0.25) is 14.9 Å². The summed E-state index contributed by atoms with van der Waals surface area (Å²) in [7, 11) is -4.13. The van der Waals surface area contributed by atoms with Gasteiger partial charge >= 0.3 is 0 Å². The second-order valence-corrected chi connectivity index (χ2v) is 11.7. The molecule has 202 valence electrons. The van der Waals surface area contributed by atoms with Crippen LogP contribution in [0.2, 0.25) is 0 Å². The molecule has 12 heteroatoms. The quantitative estimate of drug-likeness (QED) is 0.287. The molecule has 38 heavy (non-hydrogen) atoms. The van der Waals surface area contributed by atoms with Gasteiger partial charge in [-0.05, 0) is 62.8 Å². The molecule has 1 fully saturated rings. The highest BCUT2D eigenvalue weighted by molar-refractivity contribution is 7.89. The summed E-state index contributed by atoms with van der Waals surface area (Å²) in [4.78, 5) is 23.4. The Bertz CT molecular complexity index is 1510. The number of hydrogen-bond donors (Lipinski definition) is 2. The van der Waals surface area contributed by atoms with E-state index in [2.05, 4.69) is 15.1 Å². The van der Waals surface area contributed by atoms with E-state index in [1.807, 2.05) is 45.9 Å². The van der Waals surface area contributed by atoms with Crippen LogP contribution in [0.15, 0.2) is 41.3 Å². The molecule has 1 amide bonds. The Morgan fingerprint density at radius 1 is 1.18 bits per heavy atom. The van der Waals surface area contributed by atoms with Crippen LogP contribution in [0, 0.1) is 36.8 Å². The highest BCUT2D eigenvalue weighted by Crippen LogP contribution is 2.37. The van der Waals surface area contributed by atoms with Crippen LogP contribution in [-0.2, 0) is 10.0 Å². The molecule has 1 saturated carbocycles. The number of rotatable bonds is 10. The maximum atomic E-state index is 13.2. The van der Waals surface area contributed by atoms with Crippen LogP contribution in [-0.4, -0.2) is 41.6 Å². The molecule has 0 spiro atoms. The Labute approximate surface area is 221 Å². The van der Waals surface area contributed by atoms with Gasteiger partial charge in [0.05, 0.1) is 10.6 Å². The van der Waals surface area contributed by atoms with Crippen LogP contribution < -0.4 is 14.8 Å². The topological polar surface area (TPSA) is 145 Å². The number of nitrogens with zero attached hydrogens (tertiary/aromatic N) is 3. The molecule has 0 unspecified atom stereocenters. The molecule has 0 atom stereocenters. The molecule has 11 nitrogen and oxygen atoms in total. The van der Waals surface area contributed by atoms with Crippen molar-refractivity contribution < 1.29 is 22.9 Å². The van der Waals surface area contributed by atoms with E-state index in [1.54, 1.807) is 6.92 Å². The molecule has 0 radical (unpaired) electrons. The van der Waals surface area contributed by atoms with Crippen LogP contribution in [0.1, 0.15) is 53.9 Å². The van der Waals surface area contributed by atoms with E-state index in [-0.39, 0.29) is 39.9 Å². The molecule has 2 N–H and O–H groups in total. The van der Waals surface area contributed by atoms with Crippen LogP contribution >= 0.6 is 0 Å². The minimum absolute atomic E-state index is 0.118. The number of benzene rings is 2. The standard InChI is InChI=1S/C26H31N5O6S/c1-15(2)14-27-25(32)24-18(5)26(30(28-24)21-12-16(3)6-7-17(21)4)37-22-11-10-20(31(33)34)13-23(22)38(35,36)29-19-8-9-19/h6-7,10-13,15,19,29H,8-9,14H2,1-5H3,(H,27,32). The number of carbonyl (C=O) groups is 1. The van der Waals surface area contributed by atoms with Gasteiger partial charge in [-0.1, -0.05) is 26.0 Å². The number of aryl methyl sites for hydroxylation is 2. The van der Waals surface area contributed by atoms with E-state index in [4.69, 9.17) is 4.74 Å². The zero-order valence-electron chi connectivity index (χ0n) is 21.9. The summed E-state index contributed by atoms with van der Waals surface area (Å²) in [5.41, 5.74) is 2.58. The Hall–Kier alpha value is -3.77. The van der Waals surface area contributed by atoms with E-state index < -0.39 is 20.9 Å². The average Bonchev–Trinajstić information content (AvgIpc) is 3.60. The Morgan fingerprint density at radius 3 is 2.53 bits per heavy atom. The molecule has 4 rings (SSSR count). The van der Waals surface area contributed by atoms with Crippen molar-refractivity contribution in [3.63, 3.8) is 0 Å². The smallest absolute Gasteiger partial charge is 0.272 e. The maximum absolute atomic E-state index is 13.2. The number of ether oxygens (including phenoxy) is 1. The molecule has 0 saturated heterocycles. The molecule has 1 aliphatic carbocycles. The van der Waals surface area contributed by atoms with Crippen molar-refractivity contribution in [2.24, 2.45) is 5.92 Å². The number of non-ortho nitro benzene ring substituents is 1. The minimum Gasteiger partial charge on any atom is -0.437 e. The summed E-state index contributed by atoms with van der Waals surface area (Å²) in [6, 6.07) is 8.91. The largest absolute Gasteiger partial charge is 0.437 e. The first kappa shape index (κ1) is 27.3. The highest BCUT2D eigenvalue weighted by Gasteiger charge is 2.32. The first-order valence-corrected chi connectivity index (χ1v) is 13.8. The van der Waals surface area contributed by atoms with Crippen molar-refractivity contribution in [2.75, 3.05) is 6.54 Å².